The van der Waals surface area contributed by atoms with Crippen molar-refractivity contribution in [2.75, 3.05) is 5.73 Å². The molecule has 17 heavy (non-hydrogen) atoms. The van der Waals surface area contributed by atoms with Crippen molar-refractivity contribution in [3.05, 3.63) is 52.7 Å². The van der Waals surface area contributed by atoms with Gasteiger partial charge in [-0.15, -0.1) is 0 Å². The molecule has 0 atom stereocenters. The molecule has 4 heteroatoms. The molecule has 90 valence electrons. The standard InChI is InChI=1S/C13H17N3O/c1-10(2)16-8-7-15(13(16)17)9-11-3-5-12(14)6-4-11/h3-8,10H,9,14H2,1-2H3. The number of nitrogens with two attached hydrogens (primary N) is 1. The molecule has 0 saturated heterocycles. The van der Waals surface area contributed by atoms with Gasteiger partial charge in [-0.25, -0.2) is 4.79 Å². The van der Waals surface area contributed by atoms with E-state index in [2.05, 4.69) is 0 Å². The molecule has 0 aliphatic carbocycles. The Morgan fingerprint density at radius 3 is 2.35 bits per heavy atom. The Morgan fingerprint density at radius 1 is 1.18 bits per heavy atom. The van der Waals surface area contributed by atoms with Crippen molar-refractivity contribution in [1.82, 2.24) is 9.13 Å². The topological polar surface area (TPSA) is 52.9 Å². The lowest BCUT2D eigenvalue weighted by atomic mass is 10.2. The van der Waals surface area contributed by atoms with E-state index >= 15 is 0 Å². The highest BCUT2D eigenvalue weighted by molar-refractivity contribution is 5.39. The van der Waals surface area contributed by atoms with Crippen LogP contribution in [0.1, 0.15) is 25.5 Å². The van der Waals surface area contributed by atoms with E-state index in [4.69, 9.17) is 5.73 Å². The Labute approximate surface area is 100 Å². The van der Waals surface area contributed by atoms with Gasteiger partial charge in [0.2, 0.25) is 0 Å². The zero-order chi connectivity index (χ0) is 12.4. The molecule has 0 spiro atoms. The average Bonchev–Trinajstić information content (AvgIpc) is 2.64. The van der Waals surface area contributed by atoms with E-state index in [-0.39, 0.29) is 11.7 Å². The summed E-state index contributed by atoms with van der Waals surface area (Å²) in [5.41, 5.74) is 7.45. The molecule has 2 aromatic rings. The summed E-state index contributed by atoms with van der Waals surface area (Å²) in [5.74, 6) is 0. The first-order valence-corrected chi connectivity index (χ1v) is 5.69. The van der Waals surface area contributed by atoms with Gasteiger partial charge in [0, 0.05) is 24.1 Å². The van der Waals surface area contributed by atoms with Crippen LogP contribution in [0.3, 0.4) is 0 Å². The zero-order valence-electron chi connectivity index (χ0n) is 10.1. The number of hydrogen-bond donors (Lipinski definition) is 1. The number of imidazole rings is 1. The lowest BCUT2D eigenvalue weighted by Gasteiger charge is -2.05. The molecule has 4 nitrogen and oxygen atoms in total. The molecule has 0 bridgehead atoms. The largest absolute Gasteiger partial charge is 0.399 e. The van der Waals surface area contributed by atoms with Crippen molar-refractivity contribution in [3.8, 4) is 0 Å². The van der Waals surface area contributed by atoms with Crippen LogP contribution in [0.4, 0.5) is 5.69 Å². The summed E-state index contributed by atoms with van der Waals surface area (Å²) in [7, 11) is 0. The van der Waals surface area contributed by atoms with Crippen molar-refractivity contribution in [2.45, 2.75) is 26.4 Å². The smallest absolute Gasteiger partial charge is 0.328 e. The molecule has 0 aliphatic heterocycles. The van der Waals surface area contributed by atoms with E-state index in [0.29, 0.717) is 6.54 Å². The van der Waals surface area contributed by atoms with Crippen molar-refractivity contribution < 1.29 is 0 Å². The minimum atomic E-state index is 0.0248. The predicted octanol–water partition coefficient (Wildman–Crippen LogP) is 1.86. The quantitative estimate of drug-likeness (QED) is 0.820. The van der Waals surface area contributed by atoms with E-state index < -0.39 is 0 Å². The van der Waals surface area contributed by atoms with Gasteiger partial charge in [0.1, 0.15) is 0 Å². The van der Waals surface area contributed by atoms with Crippen molar-refractivity contribution in [3.63, 3.8) is 0 Å². The molecule has 2 N–H and O–H groups in total. The van der Waals surface area contributed by atoms with E-state index in [1.807, 2.05) is 50.5 Å². The number of benzene rings is 1. The highest BCUT2D eigenvalue weighted by atomic mass is 16.1. The van der Waals surface area contributed by atoms with Gasteiger partial charge in [0.05, 0.1) is 6.54 Å². The molecule has 0 saturated carbocycles. The third-order valence-electron chi connectivity index (χ3n) is 2.76. The SMILES string of the molecule is CC(C)n1ccn(Cc2ccc(N)cc2)c1=O. The highest BCUT2D eigenvalue weighted by Gasteiger charge is 2.06. The highest BCUT2D eigenvalue weighted by Crippen LogP contribution is 2.07. The second-order valence-electron chi connectivity index (χ2n) is 4.45. The third-order valence-corrected chi connectivity index (χ3v) is 2.76. The van der Waals surface area contributed by atoms with Gasteiger partial charge in [-0.05, 0) is 31.5 Å². The molecule has 0 aliphatic rings. The van der Waals surface area contributed by atoms with Gasteiger partial charge in [0.25, 0.3) is 0 Å². The summed E-state index contributed by atoms with van der Waals surface area (Å²) < 4.78 is 3.42. The summed E-state index contributed by atoms with van der Waals surface area (Å²) >= 11 is 0. The molecular weight excluding hydrogens is 214 g/mol. The molecule has 0 fully saturated rings. The molecule has 1 heterocycles. The number of hydrogen-bond acceptors (Lipinski definition) is 2. The van der Waals surface area contributed by atoms with Crippen LogP contribution in [0.15, 0.2) is 41.5 Å². The summed E-state index contributed by atoms with van der Waals surface area (Å²) in [4.78, 5) is 12.0. The summed E-state index contributed by atoms with van der Waals surface area (Å²) in [6.45, 7) is 4.57. The molecule has 0 unspecified atom stereocenters. The fourth-order valence-electron chi connectivity index (χ4n) is 1.76. The van der Waals surface area contributed by atoms with Crippen LogP contribution in [0.2, 0.25) is 0 Å². The fraction of sp³-hybridized carbons (Fsp3) is 0.308. The normalized spacial score (nSPS) is 11.0. The van der Waals surface area contributed by atoms with Gasteiger partial charge in [0.15, 0.2) is 0 Å². The van der Waals surface area contributed by atoms with Crippen molar-refractivity contribution >= 4 is 5.69 Å². The maximum absolute atomic E-state index is 12.0. The predicted molar refractivity (Wildman–Crippen MR) is 69.0 cm³/mol. The minimum absolute atomic E-state index is 0.0248. The number of anilines is 1. The van der Waals surface area contributed by atoms with Crippen molar-refractivity contribution in [1.29, 1.82) is 0 Å². The van der Waals surface area contributed by atoms with Crippen LogP contribution in [0.25, 0.3) is 0 Å². The van der Waals surface area contributed by atoms with E-state index in [1.54, 1.807) is 9.13 Å². The number of nitrogen functional groups attached to an aromatic ring is 1. The number of rotatable bonds is 3. The number of aromatic nitrogens is 2. The Bertz CT molecular complexity index is 549. The monoisotopic (exact) mass is 231 g/mol. The van der Waals surface area contributed by atoms with Gasteiger partial charge < -0.3 is 5.73 Å². The lowest BCUT2D eigenvalue weighted by molar-refractivity contribution is 0.561. The van der Waals surface area contributed by atoms with Gasteiger partial charge in [-0.3, -0.25) is 9.13 Å². The maximum Gasteiger partial charge on any atom is 0.328 e. The Hall–Kier alpha value is -1.97. The second kappa shape index (κ2) is 4.49. The average molecular weight is 231 g/mol. The first-order chi connectivity index (χ1) is 8.08. The summed E-state index contributed by atoms with van der Waals surface area (Å²) in [6.07, 6.45) is 3.64. The second-order valence-corrected chi connectivity index (χ2v) is 4.45. The van der Waals surface area contributed by atoms with Crippen LogP contribution in [-0.4, -0.2) is 9.13 Å². The molecule has 2 rings (SSSR count). The molecule has 1 aromatic heterocycles. The number of nitrogens with zero attached hydrogens (tertiary/aromatic N) is 2. The Balaban J connectivity index is 2.25. The van der Waals surface area contributed by atoms with E-state index in [9.17, 15) is 4.79 Å². The van der Waals surface area contributed by atoms with Crippen LogP contribution in [0, 0.1) is 0 Å². The van der Waals surface area contributed by atoms with Crippen LogP contribution >= 0.6 is 0 Å². The first kappa shape index (κ1) is 11.5. The fourth-order valence-corrected chi connectivity index (χ4v) is 1.76. The van der Waals surface area contributed by atoms with Crippen LogP contribution in [-0.2, 0) is 6.54 Å². The summed E-state index contributed by atoms with van der Waals surface area (Å²) in [6, 6.07) is 7.76. The third kappa shape index (κ3) is 2.41. The molecular formula is C13H17N3O. The Morgan fingerprint density at radius 2 is 1.82 bits per heavy atom. The van der Waals surface area contributed by atoms with E-state index in [0.717, 1.165) is 11.3 Å². The van der Waals surface area contributed by atoms with Gasteiger partial charge in [-0.2, -0.15) is 0 Å². The molecule has 0 amide bonds. The molecule has 1 aromatic carbocycles. The molecule has 0 radical (unpaired) electrons. The lowest BCUT2D eigenvalue weighted by Crippen LogP contribution is -2.25. The zero-order valence-corrected chi connectivity index (χ0v) is 10.1. The maximum atomic E-state index is 12.0. The van der Waals surface area contributed by atoms with E-state index in [1.165, 1.54) is 0 Å². The van der Waals surface area contributed by atoms with Gasteiger partial charge in [-0.1, -0.05) is 12.1 Å². The van der Waals surface area contributed by atoms with Gasteiger partial charge >= 0.3 is 5.69 Å². The first-order valence-electron chi connectivity index (χ1n) is 5.69. The van der Waals surface area contributed by atoms with Crippen LogP contribution in [0.5, 0.6) is 0 Å². The minimum Gasteiger partial charge on any atom is -0.399 e. The van der Waals surface area contributed by atoms with Crippen molar-refractivity contribution in [2.24, 2.45) is 0 Å². The van der Waals surface area contributed by atoms with Crippen LogP contribution < -0.4 is 11.4 Å². The Kier molecular flexibility index (Phi) is 3.04. The summed E-state index contributed by atoms with van der Waals surface area (Å²) in [5, 5.41) is 0.